The fraction of sp³-hybridized carbons (Fsp3) is 0.667. The van der Waals surface area contributed by atoms with Crippen LogP contribution in [0.4, 0.5) is 5.88 Å². The predicted octanol–water partition coefficient (Wildman–Crippen LogP) is 1.54. The maximum Gasteiger partial charge on any atom is 0.226 e. The minimum atomic E-state index is 0.330. The molecule has 0 aliphatic carbocycles. The third-order valence-corrected chi connectivity index (χ3v) is 2.75. The average molecular weight is 181 g/mol. The van der Waals surface area contributed by atoms with Crippen LogP contribution in [0.15, 0.2) is 4.52 Å². The van der Waals surface area contributed by atoms with Crippen molar-refractivity contribution in [3.05, 3.63) is 11.3 Å². The molecule has 4 nitrogen and oxygen atoms in total. The number of nitrogens with zero attached hydrogens (tertiary/aromatic N) is 2. The summed E-state index contributed by atoms with van der Waals surface area (Å²) in [7, 11) is 0. The van der Waals surface area contributed by atoms with E-state index in [0.717, 1.165) is 17.8 Å². The standard InChI is InChI=1S/C9H15N3O/c1-5(2)12-4-7-8(6(12)3)11-13-9(7)10/h5-6H,4,10H2,1-3H3. The van der Waals surface area contributed by atoms with E-state index >= 15 is 0 Å². The Hall–Kier alpha value is -1.03. The molecule has 0 radical (unpaired) electrons. The van der Waals surface area contributed by atoms with Gasteiger partial charge in [-0.15, -0.1) is 0 Å². The van der Waals surface area contributed by atoms with E-state index in [1.165, 1.54) is 0 Å². The largest absolute Gasteiger partial charge is 0.367 e. The maximum absolute atomic E-state index is 5.66. The monoisotopic (exact) mass is 181 g/mol. The molecular formula is C9H15N3O. The lowest BCUT2D eigenvalue weighted by atomic mass is 10.2. The summed E-state index contributed by atoms with van der Waals surface area (Å²) in [6.07, 6.45) is 0. The van der Waals surface area contributed by atoms with Gasteiger partial charge < -0.3 is 10.3 Å². The first kappa shape index (κ1) is 8.56. The summed E-state index contributed by atoms with van der Waals surface area (Å²) in [5.74, 6) is 0.477. The molecule has 0 bridgehead atoms. The van der Waals surface area contributed by atoms with Gasteiger partial charge in [0.1, 0.15) is 5.69 Å². The molecule has 0 aromatic carbocycles. The molecule has 1 atom stereocenters. The Bertz CT molecular complexity index is 319. The highest BCUT2D eigenvalue weighted by molar-refractivity contribution is 5.42. The molecule has 4 heteroatoms. The summed E-state index contributed by atoms with van der Waals surface area (Å²) in [5, 5.41) is 3.97. The number of anilines is 1. The zero-order chi connectivity index (χ0) is 9.59. The Balaban J connectivity index is 2.33. The van der Waals surface area contributed by atoms with Gasteiger partial charge in [-0.05, 0) is 20.8 Å². The van der Waals surface area contributed by atoms with Crippen LogP contribution in [0, 0.1) is 0 Å². The Morgan fingerprint density at radius 2 is 2.31 bits per heavy atom. The highest BCUT2D eigenvalue weighted by Crippen LogP contribution is 2.36. The zero-order valence-electron chi connectivity index (χ0n) is 8.24. The quantitative estimate of drug-likeness (QED) is 0.714. The van der Waals surface area contributed by atoms with E-state index in [9.17, 15) is 0 Å². The van der Waals surface area contributed by atoms with Crippen LogP contribution in [0.2, 0.25) is 0 Å². The number of rotatable bonds is 1. The van der Waals surface area contributed by atoms with E-state index in [-0.39, 0.29) is 0 Å². The number of nitrogens with two attached hydrogens (primary N) is 1. The van der Waals surface area contributed by atoms with Gasteiger partial charge in [0.25, 0.3) is 0 Å². The summed E-state index contributed by atoms with van der Waals surface area (Å²) in [5.41, 5.74) is 7.74. The van der Waals surface area contributed by atoms with E-state index < -0.39 is 0 Å². The van der Waals surface area contributed by atoms with Gasteiger partial charge in [-0.2, -0.15) is 0 Å². The van der Waals surface area contributed by atoms with Crippen molar-refractivity contribution in [2.75, 3.05) is 5.73 Å². The molecule has 1 aromatic rings. The number of fused-ring (bicyclic) bond motifs is 1. The van der Waals surface area contributed by atoms with Crippen molar-refractivity contribution in [3.8, 4) is 0 Å². The normalized spacial score (nSPS) is 22.6. The molecule has 72 valence electrons. The summed E-state index contributed by atoms with van der Waals surface area (Å²) in [4.78, 5) is 2.35. The van der Waals surface area contributed by atoms with Crippen LogP contribution >= 0.6 is 0 Å². The molecule has 1 unspecified atom stereocenters. The molecule has 1 aliphatic heterocycles. The first-order valence-corrected chi connectivity index (χ1v) is 4.61. The molecule has 0 saturated heterocycles. The third kappa shape index (κ3) is 1.13. The zero-order valence-corrected chi connectivity index (χ0v) is 8.24. The lowest BCUT2D eigenvalue weighted by Gasteiger charge is -2.24. The van der Waals surface area contributed by atoms with Gasteiger partial charge in [0, 0.05) is 12.6 Å². The van der Waals surface area contributed by atoms with E-state index in [0.29, 0.717) is 18.0 Å². The predicted molar refractivity (Wildman–Crippen MR) is 50.0 cm³/mol. The van der Waals surface area contributed by atoms with Crippen molar-refractivity contribution in [3.63, 3.8) is 0 Å². The molecule has 0 spiro atoms. The van der Waals surface area contributed by atoms with Gasteiger partial charge in [0.15, 0.2) is 0 Å². The fourth-order valence-electron chi connectivity index (χ4n) is 1.93. The van der Waals surface area contributed by atoms with Crippen LogP contribution in [-0.2, 0) is 6.54 Å². The van der Waals surface area contributed by atoms with Crippen molar-refractivity contribution in [2.45, 2.75) is 39.4 Å². The SMILES string of the molecule is CC(C)N1Cc2c(noc2N)C1C. The van der Waals surface area contributed by atoms with Crippen LogP contribution < -0.4 is 5.73 Å². The molecule has 1 aliphatic rings. The molecule has 2 heterocycles. The Morgan fingerprint density at radius 3 is 2.85 bits per heavy atom. The van der Waals surface area contributed by atoms with E-state index in [4.69, 9.17) is 10.3 Å². The van der Waals surface area contributed by atoms with Crippen LogP contribution in [0.25, 0.3) is 0 Å². The van der Waals surface area contributed by atoms with Crippen LogP contribution in [-0.4, -0.2) is 16.1 Å². The molecule has 0 saturated carbocycles. The highest BCUT2D eigenvalue weighted by Gasteiger charge is 2.33. The first-order valence-electron chi connectivity index (χ1n) is 4.61. The fourth-order valence-corrected chi connectivity index (χ4v) is 1.93. The highest BCUT2D eigenvalue weighted by atomic mass is 16.5. The van der Waals surface area contributed by atoms with Gasteiger partial charge in [-0.3, -0.25) is 4.90 Å². The molecule has 1 aromatic heterocycles. The molecule has 2 N–H and O–H groups in total. The van der Waals surface area contributed by atoms with Crippen molar-refractivity contribution < 1.29 is 4.52 Å². The molecule has 13 heavy (non-hydrogen) atoms. The smallest absolute Gasteiger partial charge is 0.226 e. The third-order valence-electron chi connectivity index (χ3n) is 2.75. The second-order valence-corrected chi connectivity index (χ2v) is 3.85. The van der Waals surface area contributed by atoms with Crippen LogP contribution in [0.5, 0.6) is 0 Å². The second kappa shape index (κ2) is 2.73. The van der Waals surface area contributed by atoms with E-state index in [2.05, 4.69) is 30.8 Å². The van der Waals surface area contributed by atoms with Crippen molar-refractivity contribution in [2.24, 2.45) is 0 Å². The minimum Gasteiger partial charge on any atom is -0.367 e. The first-order chi connectivity index (χ1) is 6.11. The van der Waals surface area contributed by atoms with E-state index in [1.807, 2.05) is 0 Å². The number of nitrogen functional groups attached to an aromatic ring is 1. The number of hydrogen-bond donors (Lipinski definition) is 1. The molecule has 0 amide bonds. The average Bonchev–Trinajstić information content (AvgIpc) is 2.55. The summed E-state index contributed by atoms with van der Waals surface area (Å²) < 4.78 is 4.94. The Kier molecular flexibility index (Phi) is 1.80. The van der Waals surface area contributed by atoms with Gasteiger partial charge in [0.2, 0.25) is 5.88 Å². The van der Waals surface area contributed by atoms with Crippen molar-refractivity contribution >= 4 is 5.88 Å². The van der Waals surface area contributed by atoms with E-state index in [1.54, 1.807) is 0 Å². The van der Waals surface area contributed by atoms with Gasteiger partial charge >= 0.3 is 0 Å². The molecular weight excluding hydrogens is 166 g/mol. The lowest BCUT2D eigenvalue weighted by molar-refractivity contribution is 0.171. The van der Waals surface area contributed by atoms with Gasteiger partial charge in [0.05, 0.1) is 11.6 Å². The van der Waals surface area contributed by atoms with Crippen molar-refractivity contribution in [1.29, 1.82) is 0 Å². The van der Waals surface area contributed by atoms with Crippen LogP contribution in [0.3, 0.4) is 0 Å². The van der Waals surface area contributed by atoms with Gasteiger partial charge in [-0.25, -0.2) is 0 Å². The minimum absolute atomic E-state index is 0.330. The van der Waals surface area contributed by atoms with Crippen molar-refractivity contribution in [1.82, 2.24) is 10.1 Å². The summed E-state index contributed by atoms with van der Waals surface area (Å²) in [6.45, 7) is 7.35. The van der Waals surface area contributed by atoms with Gasteiger partial charge in [-0.1, -0.05) is 5.16 Å². The summed E-state index contributed by atoms with van der Waals surface area (Å²) in [6, 6.07) is 0.847. The topological polar surface area (TPSA) is 55.3 Å². The Labute approximate surface area is 77.7 Å². The lowest BCUT2D eigenvalue weighted by Crippen LogP contribution is -2.28. The maximum atomic E-state index is 5.66. The Morgan fingerprint density at radius 1 is 1.62 bits per heavy atom. The second-order valence-electron chi connectivity index (χ2n) is 3.85. The van der Waals surface area contributed by atoms with Crippen LogP contribution in [0.1, 0.15) is 38.1 Å². The molecule has 0 fully saturated rings. The number of hydrogen-bond acceptors (Lipinski definition) is 4. The summed E-state index contributed by atoms with van der Waals surface area (Å²) >= 11 is 0. The molecule has 2 rings (SSSR count). The number of aromatic nitrogens is 1.